The molecular formula is C27H27NO4. The lowest BCUT2D eigenvalue weighted by Gasteiger charge is -2.18. The van der Waals surface area contributed by atoms with Gasteiger partial charge in [-0.3, -0.25) is 0 Å². The first kappa shape index (κ1) is 21.7. The number of rotatable bonds is 9. The highest BCUT2D eigenvalue weighted by Gasteiger charge is 2.29. The highest BCUT2D eigenvalue weighted by atomic mass is 16.5. The fourth-order valence-electron chi connectivity index (χ4n) is 3.99. The average Bonchev–Trinajstić information content (AvgIpc) is 3.15. The Hall–Kier alpha value is -3.57. The number of fused-ring (bicyclic) bond motifs is 3. The van der Waals surface area contributed by atoms with Crippen molar-refractivity contribution in [2.75, 3.05) is 20.3 Å². The van der Waals surface area contributed by atoms with Gasteiger partial charge in [-0.25, -0.2) is 4.79 Å². The van der Waals surface area contributed by atoms with E-state index in [0.29, 0.717) is 13.2 Å². The Morgan fingerprint density at radius 3 is 2.22 bits per heavy atom. The molecule has 0 fully saturated rings. The number of alkyl carbamates (subject to hydrolysis) is 1. The summed E-state index contributed by atoms with van der Waals surface area (Å²) in [6, 6.07) is 26.1. The number of ether oxygens (including phenoxy) is 3. The summed E-state index contributed by atoms with van der Waals surface area (Å²) in [5.41, 5.74) is 5.84. The van der Waals surface area contributed by atoms with Crippen molar-refractivity contribution in [1.29, 1.82) is 0 Å². The summed E-state index contributed by atoms with van der Waals surface area (Å²) >= 11 is 0. The van der Waals surface area contributed by atoms with Crippen LogP contribution in [0.4, 0.5) is 4.79 Å². The molecular weight excluding hydrogens is 402 g/mol. The van der Waals surface area contributed by atoms with E-state index < -0.39 is 6.09 Å². The molecule has 0 saturated heterocycles. The second-order valence-electron chi connectivity index (χ2n) is 7.64. The molecule has 32 heavy (non-hydrogen) atoms. The zero-order chi connectivity index (χ0) is 22.2. The molecule has 3 aromatic carbocycles. The second kappa shape index (κ2) is 10.6. The van der Waals surface area contributed by atoms with Crippen molar-refractivity contribution in [2.45, 2.75) is 18.6 Å². The van der Waals surface area contributed by atoms with Crippen LogP contribution in [-0.2, 0) is 20.8 Å². The monoisotopic (exact) mass is 429 g/mol. The van der Waals surface area contributed by atoms with E-state index in [9.17, 15) is 4.79 Å². The number of hydrogen-bond donors (Lipinski definition) is 1. The molecule has 1 atom stereocenters. The molecule has 0 spiro atoms. The highest BCUT2D eigenvalue weighted by molar-refractivity contribution is 5.79. The van der Waals surface area contributed by atoms with Crippen LogP contribution in [0.1, 0.15) is 22.6 Å². The van der Waals surface area contributed by atoms with E-state index in [0.717, 1.165) is 5.56 Å². The number of carbonyl (C=O) groups is 1. The van der Waals surface area contributed by atoms with E-state index in [-0.39, 0.29) is 18.6 Å². The maximum absolute atomic E-state index is 12.6. The first-order valence-corrected chi connectivity index (χ1v) is 10.7. The molecule has 3 aromatic rings. The highest BCUT2D eigenvalue weighted by Crippen LogP contribution is 2.44. The molecule has 164 valence electrons. The molecule has 1 aliphatic rings. The fraction of sp³-hybridized carbons (Fsp3) is 0.222. The Morgan fingerprint density at radius 1 is 0.938 bits per heavy atom. The molecule has 0 saturated carbocycles. The van der Waals surface area contributed by atoms with Crippen molar-refractivity contribution < 1.29 is 19.0 Å². The van der Waals surface area contributed by atoms with E-state index >= 15 is 0 Å². The molecule has 5 nitrogen and oxygen atoms in total. The van der Waals surface area contributed by atoms with Crippen molar-refractivity contribution in [3.8, 4) is 11.1 Å². The van der Waals surface area contributed by atoms with Crippen LogP contribution in [0.2, 0.25) is 0 Å². The van der Waals surface area contributed by atoms with Crippen molar-refractivity contribution in [2.24, 2.45) is 0 Å². The Balaban J connectivity index is 1.34. The zero-order valence-electron chi connectivity index (χ0n) is 18.1. The van der Waals surface area contributed by atoms with E-state index in [4.69, 9.17) is 14.2 Å². The van der Waals surface area contributed by atoms with E-state index in [2.05, 4.69) is 29.6 Å². The van der Waals surface area contributed by atoms with Crippen molar-refractivity contribution in [1.82, 2.24) is 5.32 Å². The molecule has 1 N–H and O–H groups in total. The third-order valence-corrected chi connectivity index (χ3v) is 5.50. The van der Waals surface area contributed by atoms with Crippen molar-refractivity contribution in [3.05, 3.63) is 108 Å². The van der Waals surface area contributed by atoms with Crippen LogP contribution in [-0.4, -0.2) is 32.5 Å². The summed E-state index contributed by atoms with van der Waals surface area (Å²) in [4.78, 5) is 12.6. The van der Waals surface area contributed by atoms with Crippen LogP contribution in [0.25, 0.3) is 11.1 Å². The molecule has 0 heterocycles. The summed E-state index contributed by atoms with van der Waals surface area (Å²) in [7, 11) is 1.56. The van der Waals surface area contributed by atoms with Gasteiger partial charge in [-0.1, -0.05) is 78.9 Å². The maximum Gasteiger partial charge on any atom is 0.407 e. The van der Waals surface area contributed by atoms with Gasteiger partial charge in [0.05, 0.1) is 32.6 Å². The standard InChI is InChI=1S/C27H27NO4/c1-30-16-15-21(18-31-17-20-9-3-2-4-10-20)28-27(29)32-19-26-24-13-7-5-11-22(24)23-12-6-8-14-25(23)26/h2-16,21,26H,17-19H2,1H3,(H,28,29)/b16-15+/t21-/m1/s1. The lowest BCUT2D eigenvalue weighted by Crippen LogP contribution is -2.37. The van der Waals surface area contributed by atoms with E-state index in [1.165, 1.54) is 28.5 Å². The first-order chi connectivity index (χ1) is 15.8. The second-order valence-corrected chi connectivity index (χ2v) is 7.64. The summed E-state index contributed by atoms with van der Waals surface area (Å²) in [6.07, 6.45) is 2.79. The molecule has 0 aliphatic heterocycles. The summed E-state index contributed by atoms with van der Waals surface area (Å²) in [6.45, 7) is 1.04. The fourth-order valence-corrected chi connectivity index (χ4v) is 3.99. The largest absolute Gasteiger partial charge is 0.505 e. The third-order valence-electron chi connectivity index (χ3n) is 5.50. The van der Waals surface area contributed by atoms with Gasteiger partial charge in [0.1, 0.15) is 6.61 Å². The van der Waals surface area contributed by atoms with Gasteiger partial charge >= 0.3 is 6.09 Å². The van der Waals surface area contributed by atoms with Crippen molar-refractivity contribution >= 4 is 6.09 Å². The minimum atomic E-state index is -0.485. The summed E-state index contributed by atoms with van der Waals surface area (Å²) in [5, 5.41) is 2.86. The van der Waals surface area contributed by atoms with Crippen LogP contribution in [0.5, 0.6) is 0 Å². The lowest BCUT2D eigenvalue weighted by molar-refractivity contribution is 0.0986. The minimum Gasteiger partial charge on any atom is -0.505 e. The molecule has 0 bridgehead atoms. The van der Waals surface area contributed by atoms with Gasteiger partial charge in [0.2, 0.25) is 0 Å². The van der Waals surface area contributed by atoms with Crippen LogP contribution < -0.4 is 5.32 Å². The molecule has 0 aromatic heterocycles. The zero-order valence-corrected chi connectivity index (χ0v) is 18.1. The number of hydrogen-bond acceptors (Lipinski definition) is 4. The van der Waals surface area contributed by atoms with Gasteiger partial charge in [0, 0.05) is 5.92 Å². The smallest absolute Gasteiger partial charge is 0.407 e. The SMILES string of the molecule is CO/C=C/[C@H](COCc1ccccc1)NC(=O)OCC1c2ccccc2-c2ccccc21. The predicted molar refractivity (Wildman–Crippen MR) is 124 cm³/mol. The third kappa shape index (κ3) is 5.18. The molecule has 1 aliphatic carbocycles. The Kier molecular flexibility index (Phi) is 7.20. The van der Waals surface area contributed by atoms with Crippen LogP contribution in [0.15, 0.2) is 91.2 Å². The van der Waals surface area contributed by atoms with Gasteiger partial charge in [-0.2, -0.15) is 0 Å². The van der Waals surface area contributed by atoms with Gasteiger partial charge in [0.15, 0.2) is 0 Å². The Bertz CT molecular complexity index is 1020. The van der Waals surface area contributed by atoms with Gasteiger partial charge in [0.25, 0.3) is 0 Å². The van der Waals surface area contributed by atoms with Crippen LogP contribution in [0.3, 0.4) is 0 Å². The first-order valence-electron chi connectivity index (χ1n) is 10.7. The van der Waals surface area contributed by atoms with Gasteiger partial charge in [-0.15, -0.1) is 0 Å². The quantitative estimate of drug-likeness (QED) is 0.471. The summed E-state index contributed by atoms with van der Waals surface area (Å²) < 4.78 is 16.4. The number of methoxy groups -OCH3 is 1. The van der Waals surface area contributed by atoms with Gasteiger partial charge in [-0.05, 0) is 33.9 Å². The lowest BCUT2D eigenvalue weighted by atomic mass is 9.98. The Labute approximate surface area is 188 Å². The Morgan fingerprint density at radius 2 is 1.56 bits per heavy atom. The topological polar surface area (TPSA) is 56.8 Å². The minimum absolute atomic E-state index is 0.0236. The average molecular weight is 430 g/mol. The number of nitrogens with one attached hydrogen (secondary N) is 1. The summed E-state index contributed by atoms with van der Waals surface area (Å²) in [5.74, 6) is 0.0236. The number of carbonyl (C=O) groups excluding carboxylic acids is 1. The molecule has 1 amide bonds. The number of benzene rings is 3. The van der Waals surface area contributed by atoms with Crippen LogP contribution in [0, 0.1) is 0 Å². The van der Waals surface area contributed by atoms with Crippen LogP contribution >= 0.6 is 0 Å². The molecule has 4 rings (SSSR count). The van der Waals surface area contributed by atoms with E-state index in [1.807, 2.05) is 54.6 Å². The molecule has 0 unspecified atom stereocenters. The molecule has 0 radical (unpaired) electrons. The van der Waals surface area contributed by atoms with E-state index in [1.54, 1.807) is 13.2 Å². The molecule has 5 heteroatoms. The predicted octanol–water partition coefficient (Wildman–Crippen LogP) is 5.27. The normalized spacial score (nSPS) is 13.4. The van der Waals surface area contributed by atoms with Crippen molar-refractivity contribution in [3.63, 3.8) is 0 Å². The van der Waals surface area contributed by atoms with Gasteiger partial charge < -0.3 is 19.5 Å². The number of amides is 1. The maximum atomic E-state index is 12.6.